The maximum absolute atomic E-state index is 13.1. The van der Waals surface area contributed by atoms with Gasteiger partial charge in [0.25, 0.3) is 5.91 Å². The molecule has 1 heterocycles. The number of fused-ring (bicyclic) bond motifs is 1. The molecule has 0 radical (unpaired) electrons. The van der Waals surface area contributed by atoms with Crippen molar-refractivity contribution in [3.63, 3.8) is 0 Å². The molecule has 1 aromatic heterocycles. The van der Waals surface area contributed by atoms with E-state index in [1.165, 1.54) is 0 Å². The SMILES string of the molecule is CC.CCOC(=O)Cc1ccccc1NC(=O)c1cc(Br)c2ccn(-c3ccccc3)c2c1. The number of nitrogens with one attached hydrogen (secondary N) is 1. The number of hydrogen-bond acceptors (Lipinski definition) is 3. The summed E-state index contributed by atoms with van der Waals surface area (Å²) in [6.07, 6.45) is 2.09. The van der Waals surface area contributed by atoms with Crippen molar-refractivity contribution < 1.29 is 14.3 Å². The Morgan fingerprint density at radius 2 is 1.67 bits per heavy atom. The monoisotopic (exact) mass is 506 g/mol. The zero-order valence-electron chi connectivity index (χ0n) is 19.0. The Bertz CT molecular complexity index is 1250. The molecule has 0 aliphatic carbocycles. The molecule has 33 heavy (non-hydrogen) atoms. The maximum atomic E-state index is 13.1. The van der Waals surface area contributed by atoms with Crippen LogP contribution in [0.3, 0.4) is 0 Å². The standard InChI is InChI=1S/C25H21BrN2O3.C2H6/c1-2-31-24(29)16-17-8-6-7-11-22(17)27-25(30)18-14-21(26)20-12-13-28(23(20)15-18)19-9-4-3-5-10-19;1-2/h3-15H,2,16H2,1H3,(H,27,30);1-2H3. The number of halogens is 1. The summed E-state index contributed by atoms with van der Waals surface area (Å²) in [6, 6.07) is 22.9. The fourth-order valence-electron chi connectivity index (χ4n) is 3.50. The summed E-state index contributed by atoms with van der Waals surface area (Å²) in [5, 5.41) is 3.96. The van der Waals surface area contributed by atoms with Crippen LogP contribution in [0.2, 0.25) is 0 Å². The number of carbonyl (C=O) groups is 2. The van der Waals surface area contributed by atoms with Gasteiger partial charge >= 0.3 is 5.97 Å². The number of anilines is 1. The molecule has 0 saturated heterocycles. The van der Waals surface area contributed by atoms with Gasteiger partial charge in [-0.15, -0.1) is 0 Å². The second kappa shape index (κ2) is 11.5. The van der Waals surface area contributed by atoms with Gasteiger partial charge in [-0.2, -0.15) is 0 Å². The second-order valence-electron chi connectivity index (χ2n) is 7.01. The summed E-state index contributed by atoms with van der Waals surface area (Å²) in [7, 11) is 0. The number of ether oxygens (including phenoxy) is 1. The number of para-hydroxylation sites is 2. The fourth-order valence-corrected chi connectivity index (χ4v) is 4.08. The van der Waals surface area contributed by atoms with Gasteiger partial charge in [0, 0.05) is 33.0 Å². The molecule has 5 nitrogen and oxygen atoms in total. The van der Waals surface area contributed by atoms with Crippen molar-refractivity contribution in [1.29, 1.82) is 0 Å². The van der Waals surface area contributed by atoms with Crippen molar-refractivity contribution in [2.75, 3.05) is 11.9 Å². The zero-order valence-corrected chi connectivity index (χ0v) is 20.6. The molecule has 0 atom stereocenters. The van der Waals surface area contributed by atoms with Gasteiger partial charge in [-0.1, -0.05) is 66.2 Å². The highest BCUT2D eigenvalue weighted by Gasteiger charge is 2.15. The highest BCUT2D eigenvalue weighted by molar-refractivity contribution is 9.10. The van der Waals surface area contributed by atoms with Crippen LogP contribution in [-0.2, 0) is 16.0 Å². The molecule has 0 fully saturated rings. The van der Waals surface area contributed by atoms with Crippen molar-refractivity contribution in [2.24, 2.45) is 0 Å². The highest BCUT2D eigenvalue weighted by Crippen LogP contribution is 2.29. The Kier molecular flexibility index (Phi) is 8.44. The van der Waals surface area contributed by atoms with E-state index in [2.05, 4.69) is 21.2 Å². The number of rotatable bonds is 6. The topological polar surface area (TPSA) is 60.3 Å². The highest BCUT2D eigenvalue weighted by atomic mass is 79.9. The Morgan fingerprint density at radius 1 is 0.970 bits per heavy atom. The predicted octanol–water partition coefficient (Wildman–Crippen LogP) is 6.78. The third-order valence-electron chi connectivity index (χ3n) is 4.96. The molecule has 1 N–H and O–H groups in total. The predicted molar refractivity (Wildman–Crippen MR) is 137 cm³/mol. The molecule has 170 valence electrons. The summed E-state index contributed by atoms with van der Waals surface area (Å²) in [6.45, 7) is 6.09. The number of amides is 1. The van der Waals surface area contributed by atoms with Crippen molar-refractivity contribution in [3.05, 3.63) is 94.6 Å². The normalized spacial score (nSPS) is 10.3. The molecule has 6 heteroatoms. The molecular weight excluding hydrogens is 480 g/mol. The lowest BCUT2D eigenvalue weighted by molar-refractivity contribution is -0.142. The van der Waals surface area contributed by atoms with Crippen LogP contribution in [0, 0.1) is 0 Å². The van der Waals surface area contributed by atoms with E-state index < -0.39 is 0 Å². The Morgan fingerprint density at radius 3 is 2.39 bits per heavy atom. The van der Waals surface area contributed by atoms with Crippen LogP contribution in [0.25, 0.3) is 16.6 Å². The first-order valence-corrected chi connectivity index (χ1v) is 11.8. The molecule has 0 aliphatic rings. The van der Waals surface area contributed by atoms with E-state index in [1.54, 1.807) is 19.1 Å². The summed E-state index contributed by atoms with van der Waals surface area (Å²) < 4.78 is 7.92. The molecule has 0 unspecified atom stereocenters. The molecule has 4 rings (SSSR count). The number of aromatic nitrogens is 1. The lowest BCUT2D eigenvalue weighted by atomic mass is 10.1. The van der Waals surface area contributed by atoms with Crippen molar-refractivity contribution in [2.45, 2.75) is 27.2 Å². The summed E-state index contributed by atoms with van der Waals surface area (Å²) in [5.41, 5.74) is 3.76. The Balaban J connectivity index is 0.00000149. The van der Waals surface area contributed by atoms with Gasteiger partial charge in [-0.05, 0) is 48.9 Å². The Hall–Kier alpha value is -3.38. The largest absolute Gasteiger partial charge is 0.466 e. The van der Waals surface area contributed by atoms with E-state index in [9.17, 15) is 9.59 Å². The average Bonchev–Trinajstić information content (AvgIpc) is 3.27. The maximum Gasteiger partial charge on any atom is 0.310 e. The van der Waals surface area contributed by atoms with Crippen LogP contribution >= 0.6 is 15.9 Å². The second-order valence-corrected chi connectivity index (χ2v) is 7.86. The van der Waals surface area contributed by atoms with Crippen LogP contribution in [0.5, 0.6) is 0 Å². The van der Waals surface area contributed by atoms with Gasteiger partial charge in [0.2, 0.25) is 0 Å². The lowest BCUT2D eigenvalue weighted by Gasteiger charge is -2.12. The third-order valence-corrected chi connectivity index (χ3v) is 5.62. The number of hydrogen-bond donors (Lipinski definition) is 1. The van der Waals surface area contributed by atoms with Crippen LogP contribution < -0.4 is 5.32 Å². The van der Waals surface area contributed by atoms with Crippen LogP contribution in [0.15, 0.2) is 83.5 Å². The smallest absolute Gasteiger partial charge is 0.310 e. The molecule has 0 spiro atoms. The lowest BCUT2D eigenvalue weighted by Crippen LogP contribution is -2.15. The summed E-state index contributed by atoms with van der Waals surface area (Å²) >= 11 is 3.60. The minimum atomic E-state index is -0.325. The van der Waals surface area contributed by atoms with E-state index in [0.29, 0.717) is 23.4 Å². The number of nitrogens with zero attached hydrogens (tertiary/aromatic N) is 1. The molecule has 1 amide bonds. The van der Waals surface area contributed by atoms with Crippen molar-refractivity contribution >= 4 is 44.4 Å². The zero-order chi connectivity index (χ0) is 23.8. The van der Waals surface area contributed by atoms with E-state index in [0.717, 1.165) is 21.1 Å². The van der Waals surface area contributed by atoms with E-state index in [-0.39, 0.29) is 18.3 Å². The molecular formula is C27H27BrN2O3. The van der Waals surface area contributed by atoms with Gasteiger partial charge in [-0.3, -0.25) is 9.59 Å². The first kappa shape index (κ1) is 24.3. The van der Waals surface area contributed by atoms with Crippen molar-refractivity contribution in [1.82, 2.24) is 4.57 Å². The molecule has 4 aromatic rings. The average molecular weight is 507 g/mol. The number of benzene rings is 3. The van der Waals surface area contributed by atoms with E-state index >= 15 is 0 Å². The molecule has 3 aromatic carbocycles. The number of carbonyl (C=O) groups excluding carboxylic acids is 2. The Labute approximate surface area is 202 Å². The van der Waals surface area contributed by atoms with Crippen LogP contribution in [0.4, 0.5) is 5.69 Å². The number of esters is 1. The summed E-state index contributed by atoms with van der Waals surface area (Å²) in [4.78, 5) is 25.0. The minimum absolute atomic E-state index is 0.101. The van der Waals surface area contributed by atoms with Gasteiger partial charge in [0.15, 0.2) is 0 Å². The van der Waals surface area contributed by atoms with Crippen LogP contribution in [0.1, 0.15) is 36.7 Å². The van der Waals surface area contributed by atoms with E-state index in [4.69, 9.17) is 4.74 Å². The first-order valence-electron chi connectivity index (χ1n) is 11.0. The fraction of sp³-hybridized carbons (Fsp3) is 0.185. The molecule has 0 saturated carbocycles. The third kappa shape index (κ3) is 5.71. The molecule has 0 aliphatic heterocycles. The van der Waals surface area contributed by atoms with Crippen molar-refractivity contribution in [3.8, 4) is 5.69 Å². The van der Waals surface area contributed by atoms with Gasteiger partial charge in [-0.25, -0.2) is 0 Å². The van der Waals surface area contributed by atoms with Gasteiger partial charge in [0.05, 0.1) is 18.5 Å². The van der Waals surface area contributed by atoms with Gasteiger partial charge in [0.1, 0.15) is 0 Å². The van der Waals surface area contributed by atoms with Gasteiger partial charge < -0.3 is 14.6 Å². The quantitative estimate of drug-likeness (QED) is 0.293. The minimum Gasteiger partial charge on any atom is -0.466 e. The molecule has 0 bridgehead atoms. The van der Waals surface area contributed by atoms with Crippen LogP contribution in [-0.4, -0.2) is 23.1 Å². The first-order chi connectivity index (χ1) is 16.1. The van der Waals surface area contributed by atoms with E-state index in [1.807, 2.05) is 85.3 Å². The summed E-state index contributed by atoms with van der Waals surface area (Å²) in [5.74, 6) is -0.575.